The molecule has 0 aromatic rings. The summed E-state index contributed by atoms with van der Waals surface area (Å²) in [7, 11) is 1.96. The van der Waals surface area contributed by atoms with Crippen LogP contribution in [0.2, 0.25) is 0 Å². The van der Waals surface area contributed by atoms with Gasteiger partial charge in [-0.25, -0.2) is 0 Å². The Hall–Kier alpha value is -1.27. The van der Waals surface area contributed by atoms with Gasteiger partial charge in [0.15, 0.2) is 0 Å². The summed E-state index contributed by atoms with van der Waals surface area (Å²) < 4.78 is 15.7. The van der Waals surface area contributed by atoms with E-state index >= 15 is 0 Å². The van der Waals surface area contributed by atoms with Gasteiger partial charge in [-0.15, -0.1) is 0 Å². The van der Waals surface area contributed by atoms with Crippen LogP contribution < -0.4 is 0 Å². The fourth-order valence-electron chi connectivity index (χ4n) is 1.69. The van der Waals surface area contributed by atoms with Crippen LogP contribution >= 0.6 is 0 Å². The number of esters is 1. The van der Waals surface area contributed by atoms with Crippen molar-refractivity contribution in [2.45, 2.75) is 19.8 Å². The largest absolute Gasteiger partial charge is 0.462 e. The highest BCUT2D eigenvalue weighted by atomic mass is 16.6. The summed E-state index contributed by atoms with van der Waals surface area (Å²) in [4.78, 5) is 15.4. The van der Waals surface area contributed by atoms with Crippen molar-refractivity contribution in [2.24, 2.45) is 0 Å². The highest BCUT2D eigenvalue weighted by molar-refractivity contribution is 5.71. The number of carbonyl (C=O) groups is 1. The number of hydrogen-bond acceptors (Lipinski definition) is 6. The van der Waals surface area contributed by atoms with E-state index in [0.717, 1.165) is 26.1 Å². The van der Waals surface area contributed by atoms with Crippen molar-refractivity contribution in [3.05, 3.63) is 12.4 Å². The molecule has 0 aromatic carbocycles. The number of carbonyl (C=O) groups excluding carboxylic acids is 1. The number of nitrogens with zero attached hydrogens (tertiary/aromatic N) is 2. The van der Waals surface area contributed by atoms with Crippen molar-refractivity contribution >= 4 is 5.97 Å². The molecule has 20 heavy (non-hydrogen) atoms. The van der Waals surface area contributed by atoms with Gasteiger partial charge in [0, 0.05) is 26.1 Å². The Kier molecular flexibility index (Phi) is 8.82. The second kappa shape index (κ2) is 10.5. The smallest absolute Gasteiger partial charge is 0.325 e. The Labute approximate surface area is 121 Å². The van der Waals surface area contributed by atoms with E-state index in [4.69, 9.17) is 14.2 Å². The average molecular weight is 286 g/mol. The summed E-state index contributed by atoms with van der Waals surface area (Å²) in [5.41, 5.74) is 0. The predicted molar refractivity (Wildman–Crippen MR) is 76.0 cm³/mol. The van der Waals surface area contributed by atoms with Gasteiger partial charge in [-0.3, -0.25) is 4.79 Å². The molecular formula is C14H26N2O4. The van der Waals surface area contributed by atoms with E-state index in [-0.39, 0.29) is 12.5 Å². The molecular weight excluding hydrogens is 260 g/mol. The van der Waals surface area contributed by atoms with Crippen LogP contribution in [0, 0.1) is 0 Å². The number of rotatable bonds is 11. The fraction of sp³-hybridized carbons (Fsp3) is 0.786. The molecule has 0 saturated heterocycles. The van der Waals surface area contributed by atoms with Gasteiger partial charge >= 0.3 is 5.97 Å². The fourth-order valence-corrected chi connectivity index (χ4v) is 1.69. The van der Waals surface area contributed by atoms with E-state index < -0.39 is 0 Å². The molecule has 6 nitrogen and oxygen atoms in total. The molecule has 0 aromatic heterocycles. The zero-order chi connectivity index (χ0) is 14.6. The summed E-state index contributed by atoms with van der Waals surface area (Å²) in [6.07, 6.45) is 6.02. The molecule has 0 radical (unpaired) electrons. The van der Waals surface area contributed by atoms with Crippen molar-refractivity contribution in [2.75, 3.05) is 53.3 Å². The van der Waals surface area contributed by atoms with Gasteiger partial charge in [-0.2, -0.15) is 0 Å². The molecule has 6 heteroatoms. The highest BCUT2D eigenvalue weighted by Gasteiger charge is 2.13. The first-order valence-electron chi connectivity index (χ1n) is 7.16. The zero-order valence-electron chi connectivity index (χ0n) is 12.5. The van der Waals surface area contributed by atoms with Gasteiger partial charge in [0.25, 0.3) is 0 Å². The maximum absolute atomic E-state index is 11.5. The standard InChI is InChI=1S/C14H26N2O4/c1-3-4-7-18-8-9-19-10-11-20-14(17)12-16-6-5-15(2)13-16/h5-6H,3-4,7-13H2,1-2H3. The predicted octanol–water partition coefficient (Wildman–Crippen LogP) is 1.04. The van der Waals surface area contributed by atoms with Gasteiger partial charge in [-0.05, 0) is 6.42 Å². The Morgan fingerprint density at radius 3 is 2.45 bits per heavy atom. The summed E-state index contributed by atoms with van der Waals surface area (Å²) in [6, 6.07) is 0. The van der Waals surface area contributed by atoms with Crippen LogP contribution in [0.5, 0.6) is 0 Å². The van der Waals surface area contributed by atoms with Crippen molar-refractivity contribution < 1.29 is 19.0 Å². The molecule has 0 atom stereocenters. The van der Waals surface area contributed by atoms with E-state index in [1.165, 1.54) is 0 Å². The van der Waals surface area contributed by atoms with Gasteiger partial charge in [0.1, 0.15) is 13.2 Å². The van der Waals surface area contributed by atoms with E-state index in [2.05, 4.69) is 6.92 Å². The lowest BCUT2D eigenvalue weighted by Crippen LogP contribution is -2.29. The molecule has 1 heterocycles. The maximum Gasteiger partial charge on any atom is 0.325 e. The second-order valence-electron chi connectivity index (χ2n) is 4.74. The molecule has 0 spiro atoms. The van der Waals surface area contributed by atoms with E-state index in [0.29, 0.717) is 26.4 Å². The van der Waals surface area contributed by atoms with Gasteiger partial charge in [0.2, 0.25) is 0 Å². The normalized spacial score (nSPS) is 14.1. The SMILES string of the molecule is CCCCOCCOCCOC(=O)CN1C=CN(C)C1. The monoisotopic (exact) mass is 286 g/mol. The second-order valence-corrected chi connectivity index (χ2v) is 4.74. The molecule has 0 aliphatic carbocycles. The topological polar surface area (TPSA) is 51.2 Å². The van der Waals surface area contributed by atoms with Crippen LogP contribution in [0.3, 0.4) is 0 Å². The third-order valence-corrected chi connectivity index (χ3v) is 2.77. The minimum absolute atomic E-state index is 0.229. The maximum atomic E-state index is 11.5. The number of unbranched alkanes of at least 4 members (excludes halogenated alkanes) is 1. The van der Waals surface area contributed by atoms with Gasteiger partial charge < -0.3 is 24.0 Å². The lowest BCUT2D eigenvalue weighted by Gasteiger charge is -2.16. The minimum atomic E-state index is -0.229. The van der Waals surface area contributed by atoms with Gasteiger partial charge in [-0.1, -0.05) is 13.3 Å². The van der Waals surface area contributed by atoms with Crippen LogP contribution in [-0.4, -0.2) is 69.1 Å². The quantitative estimate of drug-likeness (QED) is 0.418. The summed E-state index contributed by atoms with van der Waals surface area (Å²) in [5, 5.41) is 0. The molecule has 0 unspecified atom stereocenters. The van der Waals surface area contributed by atoms with Gasteiger partial charge in [0.05, 0.1) is 26.5 Å². The van der Waals surface area contributed by atoms with E-state index in [1.807, 2.05) is 29.2 Å². The molecule has 0 fully saturated rings. The summed E-state index contributed by atoms with van der Waals surface area (Å²) in [6.45, 7) is 5.76. The Balaban J connectivity index is 1.86. The third-order valence-electron chi connectivity index (χ3n) is 2.77. The first kappa shape index (κ1) is 16.8. The van der Waals surface area contributed by atoms with Crippen molar-refractivity contribution in [3.63, 3.8) is 0 Å². The van der Waals surface area contributed by atoms with Crippen molar-refractivity contribution in [1.82, 2.24) is 9.80 Å². The number of ether oxygens (including phenoxy) is 3. The zero-order valence-corrected chi connectivity index (χ0v) is 12.5. The molecule has 0 amide bonds. The van der Waals surface area contributed by atoms with Crippen LogP contribution in [0.1, 0.15) is 19.8 Å². The van der Waals surface area contributed by atoms with Crippen molar-refractivity contribution in [3.8, 4) is 0 Å². The molecule has 0 bridgehead atoms. The molecule has 116 valence electrons. The molecule has 1 aliphatic heterocycles. The van der Waals surface area contributed by atoms with E-state index in [9.17, 15) is 4.79 Å². The first-order chi connectivity index (χ1) is 9.72. The van der Waals surface area contributed by atoms with E-state index in [1.54, 1.807) is 0 Å². The Morgan fingerprint density at radius 2 is 1.80 bits per heavy atom. The van der Waals surface area contributed by atoms with Crippen molar-refractivity contribution in [1.29, 1.82) is 0 Å². The average Bonchev–Trinajstić information content (AvgIpc) is 2.82. The molecule has 0 saturated carbocycles. The Bertz CT molecular complexity index is 297. The molecule has 1 rings (SSSR count). The lowest BCUT2D eigenvalue weighted by atomic mass is 10.4. The van der Waals surface area contributed by atoms with Crippen LogP contribution in [0.4, 0.5) is 0 Å². The van der Waals surface area contributed by atoms with Crippen LogP contribution in [-0.2, 0) is 19.0 Å². The third kappa shape index (κ3) is 8.01. The lowest BCUT2D eigenvalue weighted by molar-refractivity contribution is -0.146. The van der Waals surface area contributed by atoms with Crippen LogP contribution in [0.15, 0.2) is 12.4 Å². The number of hydrogen-bond donors (Lipinski definition) is 0. The Morgan fingerprint density at radius 1 is 1.10 bits per heavy atom. The summed E-state index contributed by atoms with van der Waals surface area (Å²) >= 11 is 0. The molecule has 0 N–H and O–H groups in total. The highest BCUT2D eigenvalue weighted by Crippen LogP contribution is 2.02. The molecule has 1 aliphatic rings. The summed E-state index contributed by atoms with van der Waals surface area (Å²) in [5.74, 6) is -0.229. The first-order valence-corrected chi connectivity index (χ1v) is 7.16. The minimum Gasteiger partial charge on any atom is -0.462 e. The van der Waals surface area contributed by atoms with Crippen LogP contribution in [0.25, 0.3) is 0 Å².